The lowest BCUT2D eigenvalue weighted by Gasteiger charge is -2.10. The molecule has 20 heavy (non-hydrogen) atoms. The highest BCUT2D eigenvalue weighted by Gasteiger charge is 2.15. The fourth-order valence-electron chi connectivity index (χ4n) is 2.20. The van der Waals surface area contributed by atoms with Gasteiger partial charge in [-0.15, -0.1) is 0 Å². The topological polar surface area (TPSA) is 54.7 Å². The van der Waals surface area contributed by atoms with Gasteiger partial charge in [0.05, 0.1) is 21.4 Å². The summed E-state index contributed by atoms with van der Waals surface area (Å²) in [6.07, 6.45) is 1.86. The van der Waals surface area contributed by atoms with Crippen molar-refractivity contribution in [3.8, 4) is 11.8 Å². The van der Waals surface area contributed by atoms with Crippen LogP contribution in [0.5, 0.6) is 0 Å². The van der Waals surface area contributed by atoms with Crippen LogP contribution in [0.25, 0.3) is 16.5 Å². The zero-order chi connectivity index (χ0) is 14.3. The van der Waals surface area contributed by atoms with E-state index in [1.165, 1.54) is 0 Å². The third-order valence-corrected chi connectivity index (χ3v) is 4.07. The SMILES string of the molecule is N#Cc1c2ccccc2cn1-c1ccc(N)c(Cl)c1Cl. The number of benzene rings is 2. The number of nitrogens with two attached hydrogens (primary N) is 1. The minimum Gasteiger partial charge on any atom is -0.397 e. The summed E-state index contributed by atoms with van der Waals surface area (Å²) >= 11 is 12.3. The Kier molecular flexibility index (Phi) is 3.06. The van der Waals surface area contributed by atoms with Crippen LogP contribution in [0.2, 0.25) is 10.0 Å². The minimum absolute atomic E-state index is 0.297. The van der Waals surface area contributed by atoms with Gasteiger partial charge in [0.1, 0.15) is 11.8 Å². The molecule has 5 heteroatoms. The molecule has 3 nitrogen and oxygen atoms in total. The summed E-state index contributed by atoms with van der Waals surface area (Å²) in [6.45, 7) is 0. The maximum absolute atomic E-state index is 9.41. The summed E-state index contributed by atoms with van der Waals surface area (Å²) in [6, 6.07) is 13.3. The molecule has 0 saturated heterocycles. The average Bonchev–Trinajstić information content (AvgIpc) is 2.83. The highest BCUT2D eigenvalue weighted by Crippen LogP contribution is 2.35. The second-order valence-electron chi connectivity index (χ2n) is 4.35. The Labute approximate surface area is 125 Å². The molecule has 0 aliphatic heterocycles. The number of nitrogen functional groups attached to an aromatic ring is 1. The highest BCUT2D eigenvalue weighted by molar-refractivity contribution is 6.44. The van der Waals surface area contributed by atoms with Crippen LogP contribution in [-0.2, 0) is 0 Å². The van der Waals surface area contributed by atoms with Crippen LogP contribution in [0.1, 0.15) is 5.69 Å². The summed E-state index contributed by atoms with van der Waals surface area (Å²) in [7, 11) is 0. The Balaban J connectivity index is 2.36. The summed E-state index contributed by atoms with van der Waals surface area (Å²) in [4.78, 5) is 0. The van der Waals surface area contributed by atoms with Gasteiger partial charge in [-0.3, -0.25) is 0 Å². The molecule has 0 radical (unpaired) electrons. The molecule has 2 aromatic carbocycles. The van der Waals surface area contributed by atoms with E-state index in [2.05, 4.69) is 6.07 Å². The van der Waals surface area contributed by atoms with Gasteiger partial charge in [0.15, 0.2) is 0 Å². The minimum atomic E-state index is 0.297. The van der Waals surface area contributed by atoms with Crippen LogP contribution in [0, 0.1) is 11.3 Å². The largest absolute Gasteiger partial charge is 0.397 e. The molecule has 0 bridgehead atoms. The molecular formula is C15H9Cl2N3. The molecule has 0 aliphatic rings. The predicted octanol–water partition coefficient (Wildman–Crippen LogP) is 4.39. The maximum Gasteiger partial charge on any atom is 0.132 e. The van der Waals surface area contributed by atoms with Crippen molar-refractivity contribution >= 4 is 39.7 Å². The lowest BCUT2D eigenvalue weighted by molar-refractivity contribution is 1.06. The number of fused-ring (bicyclic) bond motifs is 1. The molecule has 0 saturated carbocycles. The smallest absolute Gasteiger partial charge is 0.132 e. The van der Waals surface area contributed by atoms with E-state index < -0.39 is 0 Å². The van der Waals surface area contributed by atoms with Crippen molar-refractivity contribution in [2.24, 2.45) is 0 Å². The number of aromatic nitrogens is 1. The molecule has 0 unspecified atom stereocenters. The number of anilines is 1. The summed E-state index contributed by atoms with van der Waals surface area (Å²) in [5.74, 6) is 0. The Morgan fingerprint density at radius 1 is 1.05 bits per heavy atom. The lowest BCUT2D eigenvalue weighted by Crippen LogP contribution is -1.98. The lowest BCUT2D eigenvalue weighted by atomic mass is 10.2. The molecule has 1 heterocycles. The van der Waals surface area contributed by atoms with Crippen LogP contribution in [0.3, 0.4) is 0 Å². The van der Waals surface area contributed by atoms with E-state index in [9.17, 15) is 5.26 Å². The average molecular weight is 302 g/mol. The van der Waals surface area contributed by atoms with E-state index in [4.69, 9.17) is 28.9 Å². The first-order chi connectivity index (χ1) is 9.63. The molecule has 0 fully saturated rings. The predicted molar refractivity (Wildman–Crippen MR) is 82.4 cm³/mol. The van der Waals surface area contributed by atoms with Crippen molar-refractivity contribution in [1.82, 2.24) is 4.57 Å². The van der Waals surface area contributed by atoms with Gasteiger partial charge in [-0.2, -0.15) is 5.26 Å². The second kappa shape index (κ2) is 4.75. The third-order valence-electron chi connectivity index (χ3n) is 3.18. The van der Waals surface area contributed by atoms with Gasteiger partial charge in [-0.25, -0.2) is 0 Å². The molecule has 98 valence electrons. The van der Waals surface area contributed by atoms with Crippen LogP contribution < -0.4 is 5.73 Å². The van der Waals surface area contributed by atoms with E-state index in [1.807, 2.05) is 30.5 Å². The fourth-order valence-corrected chi connectivity index (χ4v) is 2.63. The molecule has 0 amide bonds. The summed E-state index contributed by atoms with van der Waals surface area (Å²) < 4.78 is 1.73. The highest BCUT2D eigenvalue weighted by atomic mass is 35.5. The molecule has 3 rings (SSSR count). The molecule has 0 atom stereocenters. The second-order valence-corrected chi connectivity index (χ2v) is 5.10. The van der Waals surface area contributed by atoms with Crippen LogP contribution in [0.4, 0.5) is 5.69 Å². The molecular weight excluding hydrogens is 293 g/mol. The van der Waals surface area contributed by atoms with Crippen molar-refractivity contribution < 1.29 is 0 Å². The van der Waals surface area contributed by atoms with Crippen molar-refractivity contribution in [2.75, 3.05) is 5.73 Å². The number of halogens is 2. The van der Waals surface area contributed by atoms with E-state index in [1.54, 1.807) is 16.7 Å². The standard InChI is InChI=1S/C15H9Cl2N3/c16-14-11(19)5-6-12(15(14)17)20-8-9-3-1-2-4-10(9)13(20)7-18/h1-6,8H,19H2. The number of hydrogen-bond acceptors (Lipinski definition) is 2. The first-order valence-corrected chi connectivity index (χ1v) is 6.63. The van der Waals surface area contributed by atoms with Crippen LogP contribution in [0.15, 0.2) is 42.6 Å². The van der Waals surface area contributed by atoms with Gasteiger partial charge in [0.25, 0.3) is 0 Å². The number of nitrogens with zero attached hydrogens (tertiary/aromatic N) is 2. The van der Waals surface area contributed by atoms with Crippen molar-refractivity contribution in [3.63, 3.8) is 0 Å². The van der Waals surface area contributed by atoms with Gasteiger partial charge in [-0.1, -0.05) is 47.5 Å². The van der Waals surface area contributed by atoms with E-state index in [0.29, 0.717) is 27.1 Å². The van der Waals surface area contributed by atoms with Gasteiger partial charge in [-0.05, 0) is 12.1 Å². The van der Waals surface area contributed by atoms with E-state index in [-0.39, 0.29) is 0 Å². The zero-order valence-electron chi connectivity index (χ0n) is 10.3. The Morgan fingerprint density at radius 2 is 1.80 bits per heavy atom. The zero-order valence-corrected chi connectivity index (χ0v) is 11.8. The van der Waals surface area contributed by atoms with E-state index >= 15 is 0 Å². The summed E-state index contributed by atoms with van der Waals surface area (Å²) in [5, 5.41) is 11.9. The maximum atomic E-state index is 9.41. The Bertz CT molecular complexity index is 859. The van der Waals surface area contributed by atoms with Crippen molar-refractivity contribution in [1.29, 1.82) is 5.26 Å². The molecule has 3 aromatic rings. The van der Waals surface area contributed by atoms with Gasteiger partial charge >= 0.3 is 0 Å². The third kappa shape index (κ3) is 1.82. The van der Waals surface area contributed by atoms with Gasteiger partial charge in [0.2, 0.25) is 0 Å². The van der Waals surface area contributed by atoms with Crippen molar-refractivity contribution in [3.05, 3.63) is 58.3 Å². The number of hydrogen-bond donors (Lipinski definition) is 1. The van der Waals surface area contributed by atoms with Crippen LogP contribution >= 0.6 is 23.2 Å². The fraction of sp³-hybridized carbons (Fsp3) is 0. The van der Waals surface area contributed by atoms with Gasteiger partial charge in [0, 0.05) is 17.0 Å². The van der Waals surface area contributed by atoms with Gasteiger partial charge < -0.3 is 10.3 Å². The first kappa shape index (κ1) is 12.9. The molecule has 0 spiro atoms. The van der Waals surface area contributed by atoms with E-state index in [0.717, 1.165) is 10.8 Å². The molecule has 0 aliphatic carbocycles. The normalized spacial score (nSPS) is 10.7. The number of rotatable bonds is 1. The monoisotopic (exact) mass is 301 g/mol. The first-order valence-electron chi connectivity index (χ1n) is 5.87. The quantitative estimate of drug-likeness (QED) is 0.678. The van der Waals surface area contributed by atoms with Crippen LogP contribution in [-0.4, -0.2) is 4.57 Å². The summed E-state index contributed by atoms with van der Waals surface area (Å²) in [5.41, 5.74) is 7.29. The molecule has 2 N–H and O–H groups in total. The molecule has 1 aromatic heterocycles. The van der Waals surface area contributed by atoms with Crippen molar-refractivity contribution in [2.45, 2.75) is 0 Å². The Morgan fingerprint density at radius 3 is 2.55 bits per heavy atom. The Hall–Kier alpha value is -2.15. The number of nitriles is 1.